The van der Waals surface area contributed by atoms with Crippen molar-refractivity contribution in [2.75, 3.05) is 24.6 Å². The summed E-state index contributed by atoms with van der Waals surface area (Å²) in [7, 11) is 0. The molecule has 0 saturated carbocycles. The van der Waals surface area contributed by atoms with Crippen molar-refractivity contribution in [2.24, 2.45) is 0 Å². The maximum Gasteiger partial charge on any atom is 0.270 e. The van der Waals surface area contributed by atoms with E-state index in [1.54, 1.807) is 6.26 Å². The predicted molar refractivity (Wildman–Crippen MR) is 98.0 cm³/mol. The maximum absolute atomic E-state index is 13.0. The molecule has 0 unspecified atom stereocenters. The normalized spacial score (nSPS) is 15.1. The molecule has 4 rings (SSSR count). The average molecular weight is 361 g/mol. The molecule has 24 heavy (non-hydrogen) atoms. The molecule has 1 aromatic carbocycles. The largest absolute Gasteiger partial charge is 0.463 e. The Morgan fingerprint density at radius 1 is 1.21 bits per heavy atom. The number of benzene rings is 1. The van der Waals surface area contributed by atoms with Crippen molar-refractivity contribution in [1.29, 1.82) is 0 Å². The molecule has 3 heterocycles. The standard InChI is InChI=1S/C18H17ClN2O2S/c19-14-4-2-1-3-13(14)12-21-15-5-8-23-17(15)11-16(21)18(22)20-6-9-24-10-7-20/h1-5,8,11H,6-7,9-10,12H2. The third-order valence-corrected chi connectivity index (χ3v) is 5.64. The van der Waals surface area contributed by atoms with E-state index in [9.17, 15) is 4.79 Å². The lowest BCUT2D eigenvalue weighted by molar-refractivity contribution is 0.0762. The van der Waals surface area contributed by atoms with Crippen LogP contribution in [0.3, 0.4) is 0 Å². The minimum absolute atomic E-state index is 0.0637. The number of halogens is 1. The van der Waals surface area contributed by atoms with E-state index in [0.29, 0.717) is 17.3 Å². The third-order valence-electron chi connectivity index (χ3n) is 4.33. The van der Waals surface area contributed by atoms with Crippen LogP contribution in [0.4, 0.5) is 0 Å². The number of nitrogens with zero attached hydrogens (tertiary/aromatic N) is 2. The van der Waals surface area contributed by atoms with Crippen LogP contribution in [0.2, 0.25) is 5.02 Å². The molecule has 0 atom stereocenters. The number of carbonyl (C=O) groups is 1. The highest BCUT2D eigenvalue weighted by atomic mass is 35.5. The summed E-state index contributed by atoms with van der Waals surface area (Å²) in [6, 6.07) is 11.5. The molecule has 4 nitrogen and oxygen atoms in total. The molecule has 1 aliphatic heterocycles. The van der Waals surface area contributed by atoms with Crippen molar-refractivity contribution in [1.82, 2.24) is 9.47 Å². The van der Waals surface area contributed by atoms with Crippen LogP contribution in [0.5, 0.6) is 0 Å². The number of amides is 1. The van der Waals surface area contributed by atoms with Gasteiger partial charge in [-0.15, -0.1) is 0 Å². The Kier molecular flexibility index (Phi) is 4.29. The molecule has 3 aromatic rings. The van der Waals surface area contributed by atoms with Gasteiger partial charge in [-0.1, -0.05) is 29.8 Å². The summed E-state index contributed by atoms with van der Waals surface area (Å²) in [6.07, 6.45) is 1.65. The summed E-state index contributed by atoms with van der Waals surface area (Å²) < 4.78 is 7.52. The van der Waals surface area contributed by atoms with E-state index in [4.69, 9.17) is 16.0 Å². The summed E-state index contributed by atoms with van der Waals surface area (Å²) in [5.41, 5.74) is 3.30. The zero-order valence-electron chi connectivity index (χ0n) is 13.1. The van der Waals surface area contributed by atoms with Gasteiger partial charge in [0.15, 0.2) is 5.58 Å². The average Bonchev–Trinajstić information content (AvgIpc) is 3.19. The first-order valence-electron chi connectivity index (χ1n) is 7.91. The summed E-state index contributed by atoms with van der Waals surface area (Å²) in [6.45, 7) is 2.14. The summed E-state index contributed by atoms with van der Waals surface area (Å²) in [4.78, 5) is 14.9. The van der Waals surface area contributed by atoms with Crippen LogP contribution < -0.4 is 0 Å². The molecule has 0 radical (unpaired) electrons. The van der Waals surface area contributed by atoms with Crippen LogP contribution in [-0.2, 0) is 6.54 Å². The number of hydrogen-bond acceptors (Lipinski definition) is 3. The van der Waals surface area contributed by atoms with Crippen molar-refractivity contribution in [2.45, 2.75) is 6.54 Å². The number of hydrogen-bond donors (Lipinski definition) is 0. The fourth-order valence-corrected chi connectivity index (χ4v) is 4.15. The molecule has 6 heteroatoms. The van der Waals surface area contributed by atoms with E-state index in [-0.39, 0.29) is 5.91 Å². The van der Waals surface area contributed by atoms with Gasteiger partial charge < -0.3 is 13.9 Å². The summed E-state index contributed by atoms with van der Waals surface area (Å²) in [5.74, 6) is 2.05. The fraction of sp³-hybridized carbons (Fsp3) is 0.278. The minimum atomic E-state index is 0.0637. The molecule has 1 fully saturated rings. The number of carbonyl (C=O) groups excluding carboxylic acids is 1. The highest BCUT2D eigenvalue weighted by Crippen LogP contribution is 2.26. The minimum Gasteiger partial charge on any atom is -0.463 e. The Morgan fingerprint density at radius 3 is 2.79 bits per heavy atom. The Balaban J connectivity index is 1.74. The van der Waals surface area contributed by atoms with Gasteiger partial charge in [-0.2, -0.15) is 11.8 Å². The van der Waals surface area contributed by atoms with Crippen molar-refractivity contribution >= 4 is 40.4 Å². The highest BCUT2D eigenvalue weighted by molar-refractivity contribution is 7.99. The second kappa shape index (κ2) is 6.57. The summed E-state index contributed by atoms with van der Waals surface area (Å²) >= 11 is 8.20. The van der Waals surface area contributed by atoms with Gasteiger partial charge in [0.1, 0.15) is 5.69 Å². The molecule has 124 valence electrons. The number of aromatic nitrogens is 1. The molecular formula is C18H17ClN2O2S. The lowest BCUT2D eigenvalue weighted by Gasteiger charge is -2.26. The van der Waals surface area contributed by atoms with Crippen molar-refractivity contribution < 1.29 is 9.21 Å². The third kappa shape index (κ3) is 2.82. The van der Waals surface area contributed by atoms with Crippen molar-refractivity contribution in [3.8, 4) is 0 Å². The van der Waals surface area contributed by atoms with E-state index in [2.05, 4.69) is 0 Å². The number of thioether (sulfide) groups is 1. The Hall–Kier alpha value is -1.85. The van der Waals surface area contributed by atoms with Crippen molar-refractivity contribution in [3.05, 3.63) is 58.9 Å². The van der Waals surface area contributed by atoms with Gasteiger partial charge in [-0.05, 0) is 11.6 Å². The lowest BCUT2D eigenvalue weighted by Crippen LogP contribution is -2.38. The van der Waals surface area contributed by atoms with Gasteiger partial charge in [0.25, 0.3) is 5.91 Å². The first-order chi connectivity index (χ1) is 11.7. The molecule has 1 aliphatic rings. The molecule has 1 amide bonds. The number of furan rings is 1. The van der Waals surface area contributed by atoms with E-state index in [1.807, 2.05) is 57.6 Å². The first kappa shape index (κ1) is 15.7. The highest BCUT2D eigenvalue weighted by Gasteiger charge is 2.24. The first-order valence-corrected chi connectivity index (χ1v) is 9.44. The Morgan fingerprint density at radius 2 is 2.00 bits per heavy atom. The number of fused-ring (bicyclic) bond motifs is 1. The molecular weight excluding hydrogens is 344 g/mol. The van der Waals surface area contributed by atoms with Crippen LogP contribution >= 0.6 is 23.4 Å². The Bertz CT molecular complexity index is 880. The maximum atomic E-state index is 13.0. The van der Waals surface area contributed by atoms with Crippen molar-refractivity contribution in [3.63, 3.8) is 0 Å². The van der Waals surface area contributed by atoms with Gasteiger partial charge >= 0.3 is 0 Å². The lowest BCUT2D eigenvalue weighted by atomic mass is 10.2. The molecule has 1 saturated heterocycles. The van der Waals surface area contributed by atoms with Crippen LogP contribution in [0.15, 0.2) is 47.1 Å². The smallest absolute Gasteiger partial charge is 0.270 e. The van der Waals surface area contributed by atoms with E-state index in [0.717, 1.165) is 41.3 Å². The summed E-state index contributed by atoms with van der Waals surface area (Å²) in [5, 5.41) is 0.704. The monoisotopic (exact) mass is 360 g/mol. The molecule has 0 bridgehead atoms. The van der Waals surface area contributed by atoms with E-state index in [1.165, 1.54) is 0 Å². The van der Waals surface area contributed by atoms with Crippen LogP contribution in [0.1, 0.15) is 16.1 Å². The molecule has 0 N–H and O–H groups in total. The van der Waals surface area contributed by atoms with Gasteiger partial charge in [-0.25, -0.2) is 0 Å². The topological polar surface area (TPSA) is 38.4 Å². The van der Waals surface area contributed by atoms with Gasteiger partial charge in [0, 0.05) is 48.3 Å². The van der Waals surface area contributed by atoms with E-state index < -0.39 is 0 Å². The molecule has 0 spiro atoms. The zero-order chi connectivity index (χ0) is 16.5. The fourth-order valence-electron chi connectivity index (χ4n) is 3.05. The molecule has 0 aliphatic carbocycles. The van der Waals surface area contributed by atoms with Gasteiger partial charge in [-0.3, -0.25) is 4.79 Å². The second-order valence-corrected chi connectivity index (χ2v) is 7.41. The zero-order valence-corrected chi connectivity index (χ0v) is 14.6. The molecule has 2 aromatic heterocycles. The van der Waals surface area contributed by atoms with Crippen LogP contribution in [0, 0.1) is 0 Å². The Labute approximate surface area is 149 Å². The van der Waals surface area contributed by atoms with E-state index >= 15 is 0 Å². The number of rotatable bonds is 3. The SMILES string of the molecule is O=C(c1cc2occc2n1Cc1ccccc1Cl)N1CCSCC1. The quantitative estimate of drug-likeness (QED) is 0.705. The van der Waals surface area contributed by atoms with Gasteiger partial charge in [0.2, 0.25) is 0 Å². The second-order valence-electron chi connectivity index (χ2n) is 5.78. The van der Waals surface area contributed by atoms with Gasteiger partial charge in [0.05, 0.1) is 11.8 Å². The van der Waals surface area contributed by atoms with Crippen LogP contribution in [0.25, 0.3) is 11.1 Å². The van der Waals surface area contributed by atoms with Crippen LogP contribution in [-0.4, -0.2) is 40.0 Å². The predicted octanol–water partition coefficient (Wildman–Crippen LogP) is 4.13.